The van der Waals surface area contributed by atoms with E-state index in [1.165, 1.54) is 22.5 Å². The normalized spacial score (nSPS) is 16.2. The van der Waals surface area contributed by atoms with Gasteiger partial charge in [-0.05, 0) is 0 Å². The predicted octanol–water partition coefficient (Wildman–Crippen LogP) is 5.02. The van der Waals surface area contributed by atoms with Crippen molar-refractivity contribution in [3.63, 3.8) is 0 Å². The second-order valence-corrected chi connectivity index (χ2v) is 16.4. The van der Waals surface area contributed by atoms with Crippen LogP contribution < -0.4 is 9.18 Å². The van der Waals surface area contributed by atoms with Crippen LogP contribution in [-0.2, 0) is 24.9 Å². The van der Waals surface area contributed by atoms with Crippen LogP contribution in [0.25, 0.3) is 11.1 Å². The predicted molar refractivity (Wildman–Crippen MR) is 111 cm³/mol. The topological polar surface area (TPSA) is 17.0 Å². The molecule has 0 saturated carbocycles. The van der Waals surface area contributed by atoms with Crippen LogP contribution in [0.2, 0.25) is 23.6 Å². The van der Waals surface area contributed by atoms with E-state index in [9.17, 15) is 0 Å². The summed E-state index contributed by atoms with van der Waals surface area (Å²) < 4.78 is 4.10. The molecule has 25 heavy (non-hydrogen) atoms. The second kappa shape index (κ2) is 6.44. The van der Waals surface area contributed by atoms with E-state index >= 15 is 0 Å². The molecule has 135 valence electrons. The molecule has 3 rings (SSSR count). The van der Waals surface area contributed by atoms with E-state index in [0.29, 0.717) is 5.54 Å². The van der Waals surface area contributed by atoms with E-state index in [2.05, 4.69) is 86.4 Å². The van der Waals surface area contributed by atoms with Gasteiger partial charge in [0.2, 0.25) is 0 Å². The van der Waals surface area contributed by atoms with Crippen LogP contribution in [0.5, 0.6) is 0 Å². The van der Waals surface area contributed by atoms with Crippen molar-refractivity contribution in [2.45, 2.75) is 62.3 Å². The summed E-state index contributed by atoms with van der Waals surface area (Å²) in [6, 6.07) is 7.40. The fraction of sp³-hybridized carbons (Fsp3) is 0.524. The Morgan fingerprint density at radius 1 is 1.16 bits per heavy atom. The number of nitrogens with zero attached hydrogens (tertiary/aromatic N) is 1. The summed E-state index contributed by atoms with van der Waals surface area (Å²) in [6.07, 6.45) is 0. The number of rotatable bonds is 3. The maximum absolute atomic E-state index is 3.81. The molecule has 0 fully saturated rings. The molecule has 2 aromatic rings. The van der Waals surface area contributed by atoms with Gasteiger partial charge in [-0.1, -0.05) is 0 Å². The molecular weight excluding hydrogens is 356 g/mol. The Bertz CT molecular complexity index is 812. The second-order valence-electron chi connectivity index (χ2n) is 9.18. The van der Waals surface area contributed by atoms with Gasteiger partial charge >= 0.3 is 162 Å². The summed E-state index contributed by atoms with van der Waals surface area (Å²) in [5.41, 5.74) is 9.57. The number of nitrogens with one attached hydrogen (secondary N) is 1. The zero-order valence-corrected chi connectivity index (χ0v) is 20.1. The number of fused-ring (bicyclic) bond motifs is 3. The quantitative estimate of drug-likeness (QED) is 0.730. The first-order chi connectivity index (χ1) is 11.5. The minimum atomic E-state index is -1.05. The van der Waals surface area contributed by atoms with Gasteiger partial charge in [-0.2, -0.15) is 0 Å². The summed E-state index contributed by atoms with van der Waals surface area (Å²) in [6.45, 7) is 14.0. The van der Waals surface area contributed by atoms with Gasteiger partial charge in [0.05, 0.1) is 0 Å². The SMILES string of the molecule is Cc1c(NC(C)(C)C)c2c(n1C)C([SiH](C)C)c1c[c]([Ti]([CH3])[CH3])ccc1-2. The van der Waals surface area contributed by atoms with E-state index in [-0.39, 0.29) is 5.54 Å². The van der Waals surface area contributed by atoms with Crippen molar-refractivity contribution >= 4 is 18.4 Å². The molecule has 1 aliphatic carbocycles. The van der Waals surface area contributed by atoms with Crippen molar-refractivity contribution in [2.75, 3.05) is 5.32 Å². The monoisotopic (exact) mass is 389 g/mol. The Hall–Kier alpha value is -0.769. The van der Waals surface area contributed by atoms with E-state index in [0.717, 1.165) is 0 Å². The molecule has 0 radical (unpaired) electrons. The number of hydrogen-bond acceptors (Lipinski definition) is 1. The van der Waals surface area contributed by atoms with Crippen LogP contribution in [0.3, 0.4) is 0 Å². The van der Waals surface area contributed by atoms with Crippen molar-refractivity contribution in [1.82, 2.24) is 4.57 Å². The van der Waals surface area contributed by atoms with Gasteiger partial charge in [0.1, 0.15) is 0 Å². The van der Waals surface area contributed by atoms with Gasteiger partial charge in [-0.15, -0.1) is 0 Å². The third-order valence-corrected chi connectivity index (χ3v) is 9.72. The number of aromatic nitrogens is 1. The molecule has 1 aliphatic rings. The van der Waals surface area contributed by atoms with Gasteiger partial charge in [0.15, 0.2) is 0 Å². The van der Waals surface area contributed by atoms with Gasteiger partial charge < -0.3 is 0 Å². The summed E-state index contributed by atoms with van der Waals surface area (Å²) in [5.74, 6) is 0. The summed E-state index contributed by atoms with van der Waals surface area (Å²) in [5, 5.41) is 8.73. The van der Waals surface area contributed by atoms with Crippen molar-refractivity contribution < 1.29 is 17.9 Å². The van der Waals surface area contributed by atoms with Crippen LogP contribution in [0.15, 0.2) is 18.2 Å². The Kier molecular flexibility index (Phi) is 4.89. The first kappa shape index (κ1) is 19.0. The Morgan fingerprint density at radius 3 is 2.32 bits per heavy atom. The average Bonchev–Trinajstić information content (AvgIpc) is 2.94. The molecule has 0 amide bonds. The fourth-order valence-electron chi connectivity index (χ4n) is 4.17. The number of hydrogen-bond donors (Lipinski definition) is 1. The molecule has 2 nitrogen and oxygen atoms in total. The molecule has 0 saturated heterocycles. The molecule has 1 atom stereocenters. The molecular formula is C21H33N2SiTi. The molecule has 1 aromatic carbocycles. The fourth-order valence-corrected chi connectivity index (χ4v) is 7.53. The van der Waals surface area contributed by atoms with Crippen molar-refractivity contribution in [1.29, 1.82) is 0 Å². The number of anilines is 1. The Labute approximate surface area is 161 Å². The van der Waals surface area contributed by atoms with Gasteiger partial charge in [-0.25, -0.2) is 0 Å². The standard InChI is InChI=1S/C19H27N2Si.2CH3.Ti/c1-12-16(20-19(2,3)4)15-13-10-8-9-11-14(13)18(22(6)7)17(15)21(12)5;;;/h8,10-11,18,20,22H,1-7H3;2*1H3;. The minimum absolute atomic E-state index is 0.0690. The van der Waals surface area contributed by atoms with Crippen molar-refractivity contribution in [3.05, 3.63) is 35.2 Å². The van der Waals surface area contributed by atoms with E-state index in [4.69, 9.17) is 0 Å². The molecule has 1 heterocycles. The van der Waals surface area contributed by atoms with Crippen molar-refractivity contribution in [3.8, 4) is 11.1 Å². The van der Waals surface area contributed by atoms with Crippen LogP contribution in [-0.4, -0.2) is 18.9 Å². The molecule has 0 bridgehead atoms. The van der Waals surface area contributed by atoms with Crippen LogP contribution in [0, 0.1) is 6.92 Å². The molecule has 1 N–H and O–H groups in total. The number of benzene rings is 1. The van der Waals surface area contributed by atoms with Gasteiger partial charge in [0, 0.05) is 0 Å². The van der Waals surface area contributed by atoms with Crippen LogP contribution in [0.1, 0.15) is 43.3 Å². The van der Waals surface area contributed by atoms with Crippen LogP contribution >= 0.6 is 0 Å². The van der Waals surface area contributed by atoms with Crippen molar-refractivity contribution in [2.24, 2.45) is 7.05 Å². The summed E-state index contributed by atoms with van der Waals surface area (Å²) in [4.78, 5) is 0. The maximum atomic E-state index is 3.81. The molecule has 1 aromatic heterocycles. The van der Waals surface area contributed by atoms with Gasteiger partial charge in [-0.3, -0.25) is 0 Å². The third kappa shape index (κ3) is 3.20. The molecule has 4 heteroatoms. The molecule has 1 unspecified atom stereocenters. The first-order valence-corrected chi connectivity index (χ1v) is 16.3. The Balaban J connectivity index is 2.28. The van der Waals surface area contributed by atoms with Gasteiger partial charge in [0.25, 0.3) is 0 Å². The zero-order valence-electron chi connectivity index (χ0n) is 17.3. The first-order valence-electron chi connectivity index (χ1n) is 9.45. The van der Waals surface area contributed by atoms with E-state index in [1.807, 2.05) is 0 Å². The third-order valence-electron chi connectivity index (χ3n) is 5.43. The Morgan fingerprint density at radius 2 is 1.80 bits per heavy atom. The zero-order chi connectivity index (χ0) is 18.7. The molecule has 0 spiro atoms. The van der Waals surface area contributed by atoms with Crippen LogP contribution in [0.4, 0.5) is 5.69 Å². The molecule has 0 aliphatic heterocycles. The summed E-state index contributed by atoms with van der Waals surface area (Å²) >= 11 is -1.05. The average molecular weight is 389 g/mol. The van der Waals surface area contributed by atoms with E-state index in [1.54, 1.807) is 15.1 Å². The summed E-state index contributed by atoms with van der Waals surface area (Å²) in [7, 11) is 1.39. The van der Waals surface area contributed by atoms with E-state index < -0.39 is 26.7 Å².